The van der Waals surface area contributed by atoms with Crippen LogP contribution in [0.1, 0.15) is 64.2 Å². The number of nitrogens with one attached hydrogen (secondary N) is 2. The van der Waals surface area contributed by atoms with Crippen molar-refractivity contribution >= 4 is 23.3 Å². The van der Waals surface area contributed by atoms with E-state index in [0.717, 1.165) is 24.1 Å². The lowest BCUT2D eigenvalue weighted by Gasteiger charge is -2.60. The standard InChI is InChI=1S/C24H38N2O5S/c1-4-11-25-22(30)31-20-9-10-23(2)17(13-21(29)26-14-16-6-5-12-32-16)18(28)7-8-19(23)24(20,3)15-27/h5-6,12,17-20,27-28H,4,7-11,13-15H2,1-3H3,(H,25,30)(H,26,29)/t17-,18-,19+,20-,23+,24+/m1/s1. The smallest absolute Gasteiger partial charge is 0.407 e. The largest absolute Gasteiger partial charge is 0.446 e. The summed E-state index contributed by atoms with van der Waals surface area (Å²) in [6.07, 6.45) is 2.33. The van der Waals surface area contributed by atoms with Gasteiger partial charge in [0.05, 0.1) is 19.3 Å². The molecule has 0 radical (unpaired) electrons. The summed E-state index contributed by atoms with van der Waals surface area (Å²) in [5.41, 5.74) is -0.947. The Labute approximate surface area is 194 Å². The van der Waals surface area contributed by atoms with Gasteiger partial charge in [0, 0.05) is 23.3 Å². The molecule has 0 aliphatic heterocycles. The summed E-state index contributed by atoms with van der Waals surface area (Å²) in [6, 6.07) is 3.95. The summed E-state index contributed by atoms with van der Waals surface area (Å²) in [7, 11) is 0. The number of fused-ring (bicyclic) bond motifs is 1. The molecule has 180 valence electrons. The number of hydrogen-bond donors (Lipinski definition) is 4. The van der Waals surface area contributed by atoms with Crippen LogP contribution in [0, 0.1) is 22.7 Å². The quantitative estimate of drug-likeness (QED) is 0.469. The van der Waals surface area contributed by atoms with Crippen LogP contribution in [0.3, 0.4) is 0 Å². The van der Waals surface area contributed by atoms with Gasteiger partial charge in [-0.15, -0.1) is 11.3 Å². The molecule has 0 bridgehead atoms. The normalized spacial score (nSPS) is 34.4. The fourth-order valence-electron chi connectivity index (χ4n) is 6.05. The molecule has 0 aromatic carbocycles. The van der Waals surface area contributed by atoms with Crippen LogP contribution in [0.2, 0.25) is 0 Å². The van der Waals surface area contributed by atoms with Crippen molar-refractivity contribution < 1.29 is 24.5 Å². The number of alkyl carbamates (subject to hydrolysis) is 1. The minimum absolute atomic E-state index is 0.0382. The van der Waals surface area contributed by atoms with Crippen LogP contribution in [0.5, 0.6) is 0 Å². The van der Waals surface area contributed by atoms with Crippen molar-refractivity contribution in [1.82, 2.24) is 10.6 Å². The van der Waals surface area contributed by atoms with E-state index in [-0.39, 0.29) is 36.2 Å². The molecule has 2 aliphatic rings. The molecule has 6 atom stereocenters. The molecule has 0 spiro atoms. The van der Waals surface area contributed by atoms with Crippen LogP contribution in [0.4, 0.5) is 4.79 Å². The van der Waals surface area contributed by atoms with Crippen LogP contribution in [0.15, 0.2) is 17.5 Å². The first-order valence-corrected chi connectivity index (χ1v) is 12.6. The van der Waals surface area contributed by atoms with Gasteiger partial charge in [0.2, 0.25) is 5.91 Å². The van der Waals surface area contributed by atoms with Crippen molar-refractivity contribution in [1.29, 1.82) is 0 Å². The molecule has 3 rings (SSSR count). The fourth-order valence-corrected chi connectivity index (χ4v) is 6.69. The van der Waals surface area contributed by atoms with Gasteiger partial charge in [-0.1, -0.05) is 26.8 Å². The van der Waals surface area contributed by atoms with Crippen molar-refractivity contribution in [3.63, 3.8) is 0 Å². The Hall–Kier alpha value is -1.64. The Balaban J connectivity index is 1.72. The maximum Gasteiger partial charge on any atom is 0.407 e. The molecule has 2 aliphatic carbocycles. The Morgan fingerprint density at radius 1 is 1.25 bits per heavy atom. The van der Waals surface area contributed by atoms with Crippen molar-refractivity contribution in [2.24, 2.45) is 22.7 Å². The summed E-state index contributed by atoms with van der Waals surface area (Å²) in [6.45, 7) is 7.05. The zero-order chi connectivity index (χ0) is 23.4. The second kappa shape index (κ2) is 10.5. The van der Waals surface area contributed by atoms with Gasteiger partial charge in [0.15, 0.2) is 0 Å². The van der Waals surface area contributed by atoms with Gasteiger partial charge in [0.25, 0.3) is 0 Å². The summed E-state index contributed by atoms with van der Waals surface area (Å²) in [5, 5.41) is 29.1. The number of aliphatic hydroxyl groups is 2. The Kier molecular flexibility index (Phi) is 8.22. The minimum Gasteiger partial charge on any atom is -0.446 e. The van der Waals surface area contributed by atoms with Gasteiger partial charge < -0.3 is 25.6 Å². The first kappa shape index (κ1) is 25.0. The topological polar surface area (TPSA) is 108 Å². The molecule has 1 aromatic heterocycles. The Bertz CT molecular complexity index is 772. The lowest BCUT2D eigenvalue weighted by atomic mass is 9.46. The number of amides is 2. The number of thiophene rings is 1. The maximum atomic E-state index is 12.8. The van der Waals surface area contributed by atoms with Gasteiger partial charge >= 0.3 is 6.09 Å². The van der Waals surface area contributed by atoms with Crippen molar-refractivity contribution in [2.75, 3.05) is 13.2 Å². The highest BCUT2D eigenvalue weighted by Crippen LogP contribution is 2.61. The summed E-state index contributed by atoms with van der Waals surface area (Å²) < 4.78 is 5.77. The fraction of sp³-hybridized carbons (Fsp3) is 0.750. The molecule has 2 saturated carbocycles. The Morgan fingerprint density at radius 2 is 2.03 bits per heavy atom. The van der Waals surface area contributed by atoms with E-state index in [1.54, 1.807) is 11.3 Å². The van der Waals surface area contributed by atoms with E-state index in [1.165, 1.54) is 0 Å². The second-order valence-electron chi connectivity index (χ2n) is 9.89. The molecule has 2 fully saturated rings. The van der Waals surface area contributed by atoms with E-state index in [4.69, 9.17) is 4.74 Å². The number of aliphatic hydroxyl groups excluding tert-OH is 2. The average molecular weight is 467 g/mol. The SMILES string of the molecule is CCCNC(=O)O[C@@H]1CC[C@]2(C)[C@H](CC[C@@H](O)[C@H]2CC(=O)NCc2cccs2)[C@]1(C)CO. The molecular formula is C24H38N2O5S. The third-order valence-corrected chi connectivity index (χ3v) is 8.77. The van der Waals surface area contributed by atoms with Crippen LogP contribution in [0.25, 0.3) is 0 Å². The van der Waals surface area contributed by atoms with E-state index >= 15 is 0 Å². The first-order chi connectivity index (χ1) is 15.2. The van der Waals surface area contributed by atoms with E-state index in [1.807, 2.05) is 31.4 Å². The van der Waals surface area contributed by atoms with Gasteiger partial charge in [-0.05, 0) is 60.8 Å². The number of carbonyl (C=O) groups is 2. The molecule has 0 unspecified atom stereocenters. The summed E-state index contributed by atoms with van der Waals surface area (Å²) in [5.74, 6) is -0.228. The molecular weight excluding hydrogens is 428 g/mol. The van der Waals surface area contributed by atoms with Crippen LogP contribution >= 0.6 is 11.3 Å². The molecule has 8 heteroatoms. The number of carbonyl (C=O) groups excluding carboxylic acids is 2. The monoisotopic (exact) mass is 466 g/mol. The van der Waals surface area contributed by atoms with Crippen molar-refractivity contribution in [3.8, 4) is 0 Å². The van der Waals surface area contributed by atoms with Crippen LogP contribution in [-0.2, 0) is 16.1 Å². The molecule has 7 nitrogen and oxygen atoms in total. The van der Waals surface area contributed by atoms with Gasteiger partial charge in [-0.25, -0.2) is 4.79 Å². The molecule has 0 saturated heterocycles. The van der Waals surface area contributed by atoms with Crippen molar-refractivity contribution in [3.05, 3.63) is 22.4 Å². The van der Waals surface area contributed by atoms with Crippen molar-refractivity contribution in [2.45, 2.75) is 78.0 Å². The molecule has 4 N–H and O–H groups in total. The number of ether oxygens (including phenoxy) is 1. The predicted octanol–water partition coefficient (Wildman–Crippen LogP) is 3.45. The first-order valence-electron chi connectivity index (χ1n) is 11.8. The highest BCUT2D eigenvalue weighted by atomic mass is 32.1. The minimum atomic E-state index is -0.623. The molecule has 32 heavy (non-hydrogen) atoms. The van der Waals surface area contributed by atoms with Crippen LogP contribution < -0.4 is 10.6 Å². The third-order valence-electron chi connectivity index (χ3n) is 7.89. The van der Waals surface area contributed by atoms with Gasteiger partial charge in [0.1, 0.15) is 6.10 Å². The van der Waals surface area contributed by atoms with E-state index in [2.05, 4.69) is 17.6 Å². The average Bonchev–Trinajstić information content (AvgIpc) is 3.29. The Morgan fingerprint density at radius 3 is 2.69 bits per heavy atom. The lowest BCUT2D eigenvalue weighted by Crippen LogP contribution is -2.61. The lowest BCUT2D eigenvalue weighted by molar-refractivity contribution is -0.186. The van der Waals surface area contributed by atoms with Gasteiger partial charge in [-0.2, -0.15) is 0 Å². The predicted molar refractivity (Wildman–Crippen MR) is 124 cm³/mol. The number of hydrogen-bond acceptors (Lipinski definition) is 6. The second-order valence-corrected chi connectivity index (χ2v) is 10.9. The van der Waals surface area contributed by atoms with Gasteiger partial charge in [-0.3, -0.25) is 4.79 Å². The van der Waals surface area contributed by atoms with E-state index in [0.29, 0.717) is 25.9 Å². The highest BCUT2D eigenvalue weighted by molar-refractivity contribution is 7.09. The summed E-state index contributed by atoms with van der Waals surface area (Å²) >= 11 is 1.60. The zero-order valence-electron chi connectivity index (χ0n) is 19.4. The summed E-state index contributed by atoms with van der Waals surface area (Å²) in [4.78, 5) is 26.1. The number of rotatable bonds is 8. The molecule has 1 aromatic rings. The third kappa shape index (κ3) is 5.13. The maximum absolute atomic E-state index is 12.8. The zero-order valence-corrected chi connectivity index (χ0v) is 20.2. The molecule has 2 amide bonds. The highest BCUT2D eigenvalue weighted by Gasteiger charge is 2.60. The van der Waals surface area contributed by atoms with E-state index < -0.39 is 23.7 Å². The molecule has 1 heterocycles. The van der Waals surface area contributed by atoms with E-state index in [9.17, 15) is 19.8 Å². The van der Waals surface area contributed by atoms with Crippen LogP contribution in [-0.4, -0.2) is 47.6 Å².